The van der Waals surface area contributed by atoms with E-state index in [2.05, 4.69) is 15.0 Å². The molecule has 1 amide bonds. The van der Waals surface area contributed by atoms with Gasteiger partial charge in [-0.05, 0) is 31.5 Å². The molecule has 1 saturated heterocycles. The molecular weight excluding hydrogens is 382 g/mol. The molecule has 3 aromatic heterocycles. The zero-order chi connectivity index (χ0) is 21.1. The molecule has 1 unspecified atom stereocenters. The molecule has 0 aromatic carbocycles. The monoisotopic (exact) mass is 405 g/mol. The first-order chi connectivity index (χ1) is 14.5. The highest BCUT2D eigenvalue weighted by molar-refractivity contribution is 5.95. The van der Waals surface area contributed by atoms with Crippen molar-refractivity contribution in [3.63, 3.8) is 0 Å². The number of ether oxygens (including phenoxy) is 1. The van der Waals surface area contributed by atoms with Crippen molar-refractivity contribution in [2.45, 2.75) is 26.5 Å². The number of nitrogens with zero attached hydrogens (tertiary/aromatic N) is 5. The number of rotatable bonds is 4. The quantitative estimate of drug-likeness (QED) is 0.659. The van der Waals surface area contributed by atoms with Crippen LogP contribution in [-0.4, -0.2) is 50.0 Å². The summed E-state index contributed by atoms with van der Waals surface area (Å²) in [5, 5.41) is 0. The molecule has 0 spiro atoms. The molecule has 154 valence electrons. The van der Waals surface area contributed by atoms with Crippen molar-refractivity contribution >= 4 is 5.91 Å². The second-order valence-corrected chi connectivity index (χ2v) is 7.35. The molecule has 1 aliphatic rings. The van der Waals surface area contributed by atoms with Crippen LogP contribution in [0.3, 0.4) is 0 Å². The Labute approximate surface area is 174 Å². The Bertz CT molecular complexity index is 1100. The topological polar surface area (TPSA) is 90.2 Å². The van der Waals surface area contributed by atoms with Gasteiger partial charge in [-0.25, -0.2) is 0 Å². The van der Waals surface area contributed by atoms with E-state index in [1.54, 1.807) is 48.9 Å². The van der Waals surface area contributed by atoms with Gasteiger partial charge in [-0.2, -0.15) is 0 Å². The maximum atomic E-state index is 13.3. The third-order valence-corrected chi connectivity index (χ3v) is 5.16. The summed E-state index contributed by atoms with van der Waals surface area (Å²) in [7, 11) is 0. The lowest BCUT2D eigenvalue weighted by atomic mass is 10.1. The van der Waals surface area contributed by atoms with Gasteiger partial charge in [0, 0.05) is 36.9 Å². The van der Waals surface area contributed by atoms with Crippen molar-refractivity contribution in [1.82, 2.24) is 24.4 Å². The average molecular weight is 405 g/mol. The lowest BCUT2D eigenvalue weighted by Crippen LogP contribution is -2.45. The normalized spacial score (nSPS) is 16.5. The highest BCUT2D eigenvalue weighted by Crippen LogP contribution is 2.22. The highest BCUT2D eigenvalue weighted by Gasteiger charge is 2.29. The number of amides is 1. The van der Waals surface area contributed by atoms with Crippen molar-refractivity contribution in [1.29, 1.82) is 0 Å². The summed E-state index contributed by atoms with van der Waals surface area (Å²) in [5.74, 6) is -0.279. The number of aromatic nitrogens is 4. The van der Waals surface area contributed by atoms with E-state index in [0.29, 0.717) is 31.0 Å². The molecule has 0 N–H and O–H groups in total. The summed E-state index contributed by atoms with van der Waals surface area (Å²) in [5.41, 5.74) is 2.89. The molecule has 1 aliphatic heterocycles. The van der Waals surface area contributed by atoms with Crippen LogP contribution in [0.2, 0.25) is 0 Å². The Kier molecular flexibility index (Phi) is 5.67. The second kappa shape index (κ2) is 8.54. The number of carbonyl (C=O) groups is 1. The van der Waals surface area contributed by atoms with E-state index in [1.807, 2.05) is 19.1 Å². The van der Waals surface area contributed by atoms with E-state index in [-0.39, 0.29) is 29.7 Å². The predicted octanol–water partition coefficient (Wildman–Crippen LogP) is 1.91. The zero-order valence-electron chi connectivity index (χ0n) is 17.0. The van der Waals surface area contributed by atoms with Gasteiger partial charge in [-0.3, -0.25) is 24.5 Å². The van der Waals surface area contributed by atoms with Crippen LogP contribution in [0.25, 0.3) is 0 Å². The average Bonchev–Trinajstić information content (AvgIpc) is 2.78. The maximum absolute atomic E-state index is 13.3. The number of hydrogen-bond donors (Lipinski definition) is 0. The van der Waals surface area contributed by atoms with Gasteiger partial charge in [-0.15, -0.1) is 0 Å². The van der Waals surface area contributed by atoms with Crippen LogP contribution in [0.15, 0.2) is 54.0 Å². The van der Waals surface area contributed by atoms with Crippen LogP contribution in [0.5, 0.6) is 0 Å². The third kappa shape index (κ3) is 4.13. The van der Waals surface area contributed by atoms with Crippen LogP contribution in [0.1, 0.15) is 39.0 Å². The van der Waals surface area contributed by atoms with Crippen molar-refractivity contribution in [2.75, 3.05) is 19.7 Å². The zero-order valence-corrected chi connectivity index (χ0v) is 17.0. The fourth-order valence-corrected chi connectivity index (χ4v) is 3.49. The van der Waals surface area contributed by atoms with Crippen LogP contribution < -0.4 is 5.56 Å². The first-order valence-electron chi connectivity index (χ1n) is 9.81. The molecule has 8 heteroatoms. The van der Waals surface area contributed by atoms with E-state index >= 15 is 0 Å². The first-order valence-corrected chi connectivity index (χ1v) is 9.81. The van der Waals surface area contributed by atoms with Gasteiger partial charge in [-0.1, -0.05) is 6.07 Å². The van der Waals surface area contributed by atoms with Crippen LogP contribution >= 0.6 is 0 Å². The van der Waals surface area contributed by atoms with E-state index in [9.17, 15) is 9.59 Å². The number of morpholine rings is 1. The summed E-state index contributed by atoms with van der Waals surface area (Å²) >= 11 is 0. The van der Waals surface area contributed by atoms with Crippen molar-refractivity contribution < 1.29 is 9.53 Å². The molecule has 3 aromatic rings. The minimum Gasteiger partial charge on any atom is -0.370 e. The van der Waals surface area contributed by atoms with Crippen LogP contribution in [0, 0.1) is 13.8 Å². The Morgan fingerprint density at radius 3 is 2.80 bits per heavy atom. The van der Waals surface area contributed by atoms with Crippen LogP contribution in [0.4, 0.5) is 0 Å². The molecule has 0 bridgehead atoms. The number of aryl methyl sites for hydroxylation is 2. The molecule has 1 fully saturated rings. The molecule has 0 aliphatic carbocycles. The predicted molar refractivity (Wildman–Crippen MR) is 110 cm³/mol. The molecule has 4 rings (SSSR count). The lowest BCUT2D eigenvalue weighted by Gasteiger charge is -2.33. The van der Waals surface area contributed by atoms with E-state index < -0.39 is 0 Å². The fourth-order valence-electron chi connectivity index (χ4n) is 3.49. The van der Waals surface area contributed by atoms with Crippen LogP contribution in [-0.2, 0) is 11.3 Å². The number of carbonyl (C=O) groups excluding carboxylic acids is 1. The lowest BCUT2D eigenvalue weighted by molar-refractivity contribution is -0.0230. The van der Waals surface area contributed by atoms with Gasteiger partial charge in [0.05, 0.1) is 37.3 Å². The van der Waals surface area contributed by atoms with Gasteiger partial charge < -0.3 is 14.2 Å². The largest absolute Gasteiger partial charge is 0.370 e. The van der Waals surface area contributed by atoms with Gasteiger partial charge in [0.1, 0.15) is 11.7 Å². The maximum Gasteiger partial charge on any atom is 0.264 e. The highest BCUT2D eigenvalue weighted by atomic mass is 16.5. The molecular formula is C22H23N5O3. The Hall–Kier alpha value is -3.39. The Balaban J connectivity index is 1.59. The molecule has 30 heavy (non-hydrogen) atoms. The van der Waals surface area contributed by atoms with Crippen molar-refractivity contribution in [2.24, 2.45) is 0 Å². The summed E-state index contributed by atoms with van der Waals surface area (Å²) in [4.78, 5) is 40.7. The Morgan fingerprint density at radius 2 is 2.07 bits per heavy atom. The van der Waals surface area contributed by atoms with E-state index in [4.69, 9.17) is 4.74 Å². The van der Waals surface area contributed by atoms with Gasteiger partial charge in [0.25, 0.3) is 11.5 Å². The molecule has 8 nitrogen and oxygen atoms in total. The molecule has 0 radical (unpaired) electrons. The molecule has 0 saturated carbocycles. The van der Waals surface area contributed by atoms with Gasteiger partial charge in [0.15, 0.2) is 0 Å². The standard InChI is InChI=1S/C22H23N5O3/c1-15-5-7-26(13-18-12-24-16(2)10-25-18)21(28)20(15)22(29)27-8-9-30-19(14-27)17-4-3-6-23-11-17/h3-7,10-12,19H,8-9,13-14H2,1-2H3. The SMILES string of the molecule is Cc1cnc(Cn2ccc(C)c(C(=O)N3CCOC(c4cccnc4)C3)c2=O)cn1. The minimum absolute atomic E-state index is 0.185. The number of pyridine rings is 2. The van der Waals surface area contributed by atoms with E-state index in [1.165, 1.54) is 4.57 Å². The fraction of sp³-hybridized carbons (Fsp3) is 0.318. The summed E-state index contributed by atoms with van der Waals surface area (Å²) < 4.78 is 7.32. The summed E-state index contributed by atoms with van der Waals surface area (Å²) in [6.07, 6.45) is 8.17. The summed E-state index contributed by atoms with van der Waals surface area (Å²) in [6.45, 7) is 5.11. The van der Waals surface area contributed by atoms with Crippen molar-refractivity contribution in [3.8, 4) is 0 Å². The molecule has 1 atom stereocenters. The summed E-state index contributed by atoms with van der Waals surface area (Å²) in [6, 6.07) is 5.55. The smallest absolute Gasteiger partial charge is 0.264 e. The van der Waals surface area contributed by atoms with Crippen molar-refractivity contribution in [3.05, 3.63) is 87.6 Å². The minimum atomic E-state index is -0.327. The van der Waals surface area contributed by atoms with Gasteiger partial charge >= 0.3 is 0 Å². The van der Waals surface area contributed by atoms with Gasteiger partial charge in [0.2, 0.25) is 0 Å². The number of hydrogen-bond acceptors (Lipinski definition) is 6. The first kappa shape index (κ1) is 19.9. The third-order valence-electron chi connectivity index (χ3n) is 5.16. The van der Waals surface area contributed by atoms with E-state index in [0.717, 1.165) is 11.3 Å². The second-order valence-electron chi connectivity index (χ2n) is 7.35. The Morgan fingerprint density at radius 1 is 1.20 bits per heavy atom. The molecule has 4 heterocycles.